The Bertz CT molecular complexity index is 1010. The van der Waals surface area contributed by atoms with Gasteiger partial charge in [-0.05, 0) is 37.1 Å². The summed E-state index contributed by atoms with van der Waals surface area (Å²) in [5.74, 6) is 4.09. The summed E-state index contributed by atoms with van der Waals surface area (Å²) < 4.78 is 43.7. The Morgan fingerprint density at radius 3 is 2.68 bits per heavy atom. The monoisotopic (exact) mass is 446 g/mol. The molecular weight excluding hydrogens is 420 g/mol. The molecule has 0 saturated heterocycles. The molecule has 1 aliphatic rings. The smallest absolute Gasteiger partial charge is 0.240 e. The lowest BCUT2D eigenvalue weighted by Gasteiger charge is -2.19. The number of unbranched alkanes of at least 4 members (excludes halogenated alkanes) is 2. The average molecular weight is 447 g/mol. The van der Waals surface area contributed by atoms with E-state index < -0.39 is 10.0 Å². The van der Waals surface area contributed by atoms with Crippen LogP contribution in [0.2, 0.25) is 0 Å². The van der Waals surface area contributed by atoms with Crippen LogP contribution in [0.4, 0.5) is 0 Å². The highest BCUT2D eigenvalue weighted by molar-refractivity contribution is 7.89. The van der Waals surface area contributed by atoms with E-state index in [1.807, 2.05) is 0 Å². The van der Waals surface area contributed by atoms with Gasteiger partial charge in [-0.2, -0.15) is 0 Å². The quantitative estimate of drug-likeness (QED) is 0.421. The lowest BCUT2D eigenvalue weighted by molar-refractivity contribution is -0.131. The summed E-state index contributed by atoms with van der Waals surface area (Å²) in [5, 5.41) is 0. The van der Waals surface area contributed by atoms with Gasteiger partial charge in [0.1, 0.15) is 19.0 Å². The summed E-state index contributed by atoms with van der Waals surface area (Å²) in [6.45, 7) is 1.68. The summed E-state index contributed by atoms with van der Waals surface area (Å²) in [6, 6.07) is 8.12. The van der Waals surface area contributed by atoms with Crippen LogP contribution in [0.15, 0.2) is 45.9 Å². The van der Waals surface area contributed by atoms with Gasteiger partial charge < -0.3 is 18.8 Å². The normalized spacial score (nSPS) is 12.9. The van der Waals surface area contributed by atoms with E-state index in [9.17, 15) is 13.2 Å². The fourth-order valence-corrected chi connectivity index (χ4v) is 4.24. The van der Waals surface area contributed by atoms with Gasteiger partial charge >= 0.3 is 0 Å². The van der Waals surface area contributed by atoms with Gasteiger partial charge in [-0.1, -0.05) is 12.3 Å². The molecule has 0 unspecified atom stereocenters. The Morgan fingerprint density at radius 1 is 1.13 bits per heavy atom. The molecule has 9 heteroatoms. The molecule has 1 amide bonds. The molecule has 0 saturated carbocycles. The highest BCUT2D eigenvalue weighted by atomic mass is 32.2. The van der Waals surface area contributed by atoms with E-state index in [1.165, 1.54) is 12.1 Å². The molecule has 1 N–H and O–H groups in total. The maximum atomic E-state index is 12.5. The topological polar surface area (TPSA) is 98.1 Å². The van der Waals surface area contributed by atoms with E-state index in [2.05, 4.69) is 10.6 Å². The number of nitrogens with one attached hydrogen (secondary N) is 1. The average Bonchev–Trinajstić information content (AvgIpc) is 3.28. The lowest BCUT2D eigenvalue weighted by Crippen LogP contribution is -2.30. The summed E-state index contributed by atoms with van der Waals surface area (Å²) in [7, 11) is -3.64. The van der Waals surface area contributed by atoms with Crippen LogP contribution in [0.25, 0.3) is 0 Å². The first-order valence-electron chi connectivity index (χ1n) is 10.1. The third kappa shape index (κ3) is 6.51. The van der Waals surface area contributed by atoms with E-state index >= 15 is 0 Å². The summed E-state index contributed by atoms with van der Waals surface area (Å²) in [6.07, 6.45) is 9.23. The lowest BCUT2D eigenvalue weighted by atomic mass is 10.2. The van der Waals surface area contributed by atoms with Gasteiger partial charge in [-0.25, -0.2) is 13.1 Å². The zero-order chi connectivity index (χ0) is 22.1. The van der Waals surface area contributed by atoms with Crippen molar-refractivity contribution in [2.45, 2.75) is 37.1 Å². The molecule has 0 spiro atoms. The van der Waals surface area contributed by atoms with Crippen LogP contribution < -0.4 is 14.2 Å². The number of nitrogens with zero attached hydrogens (tertiary/aromatic N) is 1. The van der Waals surface area contributed by atoms with Crippen molar-refractivity contribution in [3.8, 4) is 23.8 Å². The fraction of sp³-hybridized carbons (Fsp3) is 0.409. The molecule has 0 fully saturated rings. The predicted octanol–water partition coefficient (Wildman–Crippen LogP) is 2.55. The maximum Gasteiger partial charge on any atom is 0.240 e. The molecule has 1 aliphatic heterocycles. The van der Waals surface area contributed by atoms with Gasteiger partial charge in [0, 0.05) is 19.0 Å². The van der Waals surface area contributed by atoms with Gasteiger partial charge in [0.25, 0.3) is 0 Å². The summed E-state index contributed by atoms with van der Waals surface area (Å²) >= 11 is 0. The number of fused-ring (bicyclic) bond motifs is 1. The van der Waals surface area contributed by atoms with Gasteiger partial charge in [-0.15, -0.1) is 6.42 Å². The van der Waals surface area contributed by atoms with Gasteiger partial charge in [-0.3, -0.25) is 4.79 Å². The highest BCUT2D eigenvalue weighted by Crippen LogP contribution is 2.32. The van der Waals surface area contributed by atoms with Crippen molar-refractivity contribution in [1.82, 2.24) is 9.62 Å². The first kappa shape index (κ1) is 22.7. The Labute approximate surface area is 182 Å². The highest BCUT2D eigenvalue weighted by Gasteiger charge is 2.19. The van der Waals surface area contributed by atoms with Gasteiger partial charge in [0.05, 0.1) is 24.2 Å². The number of carbonyl (C=O) groups excluding carboxylic acids is 1. The molecule has 1 aromatic heterocycles. The molecule has 0 bridgehead atoms. The number of sulfonamides is 1. The molecule has 0 aliphatic carbocycles. The van der Waals surface area contributed by atoms with Crippen molar-refractivity contribution >= 4 is 15.9 Å². The van der Waals surface area contributed by atoms with Crippen molar-refractivity contribution in [2.75, 3.05) is 26.3 Å². The van der Waals surface area contributed by atoms with Crippen molar-refractivity contribution < 1.29 is 27.1 Å². The number of ether oxygens (including phenoxy) is 2. The van der Waals surface area contributed by atoms with E-state index in [0.717, 1.165) is 0 Å². The molecule has 8 nitrogen and oxygen atoms in total. The van der Waals surface area contributed by atoms with Crippen LogP contribution in [0.5, 0.6) is 11.5 Å². The molecule has 2 aromatic rings. The second-order valence-electron chi connectivity index (χ2n) is 7.05. The van der Waals surface area contributed by atoms with Crippen LogP contribution in [0.1, 0.15) is 31.4 Å². The molecule has 0 atom stereocenters. The number of benzene rings is 1. The summed E-state index contributed by atoms with van der Waals surface area (Å²) in [5.41, 5.74) is 0. The second-order valence-corrected chi connectivity index (χ2v) is 8.81. The van der Waals surface area contributed by atoms with Crippen LogP contribution in [0.3, 0.4) is 0 Å². The molecule has 2 heterocycles. The summed E-state index contributed by atoms with van der Waals surface area (Å²) in [4.78, 5) is 14.1. The molecule has 3 rings (SSSR count). The second kappa shape index (κ2) is 10.9. The van der Waals surface area contributed by atoms with Crippen molar-refractivity contribution in [3.05, 3.63) is 42.4 Å². The van der Waals surface area contributed by atoms with E-state index in [-0.39, 0.29) is 23.9 Å². The zero-order valence-electron chi connectivity index (χ0n) is 17.2. The Morgan fingerprint density at radius 2 is 1.94 bits per heavy atom. The number of amides is 1. The van der Waals surface area contributed by atoms with Crippen molar-refractivity contribution in [3.63, 3.8) is 0 Å². The Hall–Kier alpha value is -2.96. The van der Waals surface area contributed by atoms with E-state index in [4.69, 9.17) is 20.3 Å². The first-order valence-corrected chi connectivity index (χ1v) is 11.6. The molecular formula is C22H26N2O6S. The Balaban J connectivity index is 1.39. The van der Waals surface area contributed by atoms with Crippen LogP contribution >= 0.6 is 0 Å². The minimum absolute atomic E-state index is 0.0498. The predicted molar refractivity (Wildman–Crippen MR) is 114 cm³/mol. The standard InChI is InChI=1S/C22H26N2O6S/c1-2-12-24(17-18-7-6-13-28-18)22(25)8-4-3-5-11-23-31(26,27)19-9-10-20-21(16-19)30-15-14-29-20/h1,6-7,9-10,13,16,23H,3-5,8,11-12,14-15,17H2. The third-order valence-corrected chi connectivity index (χ3v) is 6.20. The zero-order valence-corrected chi connectivity index (χ0v) is 18.0. The minimum atomic E-state index is -3.64. The number of hydrogen-bond donors (Lipinski definition) is 1. The maximum absolute atomic E-state index is 12.5. The van der Waals surface area contributed by atoms with Gasteiger partial charge in [0.2, 0.25) is 15.9 Å². The largest absolute Gasteiger partial charge is 0.486 e. The fourth-order valence-electron chi connectivity index (χ4n) is 3.15. The van der Waals surface area contributed by atoms with Crippen molar-refractivity contribution in [2.24, 2.45) is 0 Å². The van der Waals surface area contributed by atoms with Crippen molar-refractivity contribution in [1.29, 1.82) is 0 Å². The molecule has 1 aromatic carbocycles. The van der Waals surface area contributed by atoms with E-state index in [0.29, 0.717) is 62.7 Å². The number of furan rings is 1. The van der Waals surface area contributed by atoms with E-state index in [1.54, 1.807) is 29.4 Å². The molecule has 0 radical (unpaired) electrons. The first-order chi connectivity index (χ1) is 15.0. The minimum Gasteiger partial charge on any atom is -0.486 e. The van der Waals surface area contributed by atoms with Gasteiger partial charge in [0.15, 0.2) is 11.5 Å². The SMILES string of the molecule is C#CCN(Cc1ccco1)C(=O)CCCCCNS(=O)(=O)c1ccc2c(c1)OCCO2. The number of hydrogen-bond acceptors (Lipinski definition) is 6. The Kier molecular flexibility index (Phi) is 7.98. The number of carbonyl (C=O) groups is 1. The number of rotatable bonds is 11. The van der Waals surface area contributed by atoms with Crippen LogP contribution in [-0.2, 0) is 21.4 Å². The molecule has 166 valence electrons. The third-order valence-electron chi connectivity index (χ3n) is 4.75. The van der Waals surface area contributed by atoms with Crippen LogP contribution in [-0.4, -0.2) is 45.5 Å². The number of terminal acetylenes is 1. The van der Waals surface area contributed by atoms with Crippen LogP contribution in [0, 0.1) is 12.3 Å². The molecule has 31 heavy (non-hydrogen) atoms.